The molecule has 0 aliphatic carbocycles. The largest absolute Gasteiger partial charge is 0.456 e. The molecule has 0 saturated heterocycles. The molecule has 45 heavy (non-hydrogen) atoms. The van der Waals surface area contributed by atoms with Crippen molar-refractivity contribution in [2.24, 2.45) is 15.7 Å². The van der Waals surface area contributed by atoms with Crippen LogP contribution in [0.4, 0.5) is 0 Å². The fraction of sp³-hybridized carbons (Fsp3) is 0.0244. The van der Waals surface area contributed by atoms with E-state index < -0.39 is 0 Å². The molecule has 0 aliphatic heterocycles. The first-order valence-electron chi connectivity index (χ1n) is 15.1. The van der Waals surface area contributed by atoms with Gasteiger partial charge in [-0.25, -0.2) is 4.99 Å². The van der Waals surface area contributed by atoms with Crippen LogP contribution >= 0.6 is 0 Å². The number of nitrogens with zero attached hydrogens (tertiary/aromatic N) is 2. The first kappa shape index (κ1) is 26.6. The molecule has 0 radical (unpaired) electrons. The molecule has 214 valence electrons. The number of amidine groups is 2. The van der Waals surface area contributed by atoms with Gasteiger partial charge in [-0.1, -0.05) is 127 Å². The zero-order valence-corrected chi connectivity index (χ0v) is 24.5. The van der Waals surface area contributed by atoms with Gasteiger partial charge < -0.3 is 10.2 Å². The van der Waals surface area contributed by atoms with E-state index in [1.165, 1.54) is 21.5 Å². The Kier molecular flexibility index (Phi) is 6.65. The third kappa shape index (κ3) is 4.92. The van der Waals surface area contributed by atoms with Crippen molar-refractivity contribution in [2.75, 3.05) is 0 Å². The van der Waals surface area contributed by atoms with Gasteiger partial charge in [0.05, 0.1) is 6.54 Å². The van der Waals surface area contributed by atoms with Gasteiger partial charge in [0.1, 0.15) is 17.0 Å². The zero-order valence-electron chi connectivity index (χ0n) is 24.5. The van der Waals surface area contributed by atoms with Crippen molar-refractivity contribution in [1.29, 1.82) is 0 Å². The van der Waals surface area contributed by atoms with Crippen molar-refractivity contribution >= 4 is 55.2 Å². The molecule has 1 heterocycles. The molecule has 0 fully saturated rings. The number of fused-ring (bicyclic) bond motifs is 6. The molecule has 7 aromatic carbocycles. The van der Waals surface area contributed by atoms with E-state index in [1.54, 1.807) is 0 Å². The highest BCUT2D eigenvalue weighted by Gasteiger charge is 2.20. The van der Waals surface area contributed by atoms with E-state index in [-0.39, 0.29) is 0 Å². The van der Waals surface area contributed by atoms with Crippen molar-refractivity contribution in [1.82, 2.24) is 0 Å². The second-order valence-corrected chi connectivity index (χ2v) is 11.2. The Morgan fingerprint density at radius 1 is 0.578 bits per heavy atom. The number of hydrogen-bond donors (Lipinski definition) is 1. The first-order chi connectivity index (χ1) is 22.2. The lowest BCUT2D eigenvalue weighted by atomic mass is 9.92. The summed E-state index contributed by atoms with van der Waals surface area (Å²) in [6.07, 6.45) is 0. The van der Waals surface area contributed by atoms with E-state index in [9.17, 15) is 0 Å². The Labute approximate surface area is 260 Å². The maximum atomic E-state index is 7.07. The van der Waals surface area contributed by atoms with Crippen LogP contribution in [0.25, 0.3) is 54.6 Å². The number of rotatable bonds is 5. The number of benzene rings is 7. The summed E-state index contributed by atoms with van der Waals surface area (Å²) in [6, 6.07) is 51.9. The summed E-state index contributed by atoms with van der Waals surface area (Å²) >= 11 is 0. The van der Waals surface area contributed by atoms with E-state index in [1.807, 2.05) is 72.8 Å². The van der Waals surface area contributed by atoms with Gasteiger partial charge in [-0.15, -0.1) is 0 Å². The third-order valence-corrected chi connectivity index (χ3v) is 8.37. The van der Waals surface area contributed by atoms with Gasteiger partial charge in [0.25, 0.3) is 0 Å². The molecule has 2 N–H and O–H groups in total. The fourth-order valence-corrected chi connectivity index (χ4v) is 6.20. The lowest BCUT2D eigenvalue weighted by molar-refractivity contribution is 0.669. The molecule has 4 nitrogen and oxygen atoms in total. The molecular formula is C41H29N3O. The summed E-state index contributed by atoms with van der Waals surface area (Å²) in [6.45, 7) is 0.492. The number of para-hydroxylation sites is 1. The molecule has 1 aromatic heterocycles. The van der Waals surface area contributed by atoms with Gasteiger partial charge in [0.2, 0.25) is 0 Å². The van der Waals surface area contributed by atoms with Gasteiger partial charge in [0.15, 0.2) is 5.84 Å². The number of aliphatic imine (C=N–C) groups is 2. The maximum absolute atomic E-state index is 7.07. The van der Waals surface area contributed by atoms with Crippen LogP contribution in [0.2, 0.25) is 0 Å². The van der Waals surface area contributed by atoms with E-state index in [4.69, 9.17) is 20.1 Å². The second-order valence-electron chi connectivity index (χ2n) is 11.2. The smallest absolute Gasteiger partial charge is 0.157 e. The molecule has 0 amide bonds. The lowest BCUT2D eigenvalue weighted by Crippen LogP contribution is -2.18. The van der Waals surface area contributed by atoms with Crippen molar-refractivity contribution in [3.63, 3.8) is 0 Å². The average Bonchev–Trinajstić information content (AvgIpc) is 3.49. The van der Waals surface area contributed by atoms with Gasteiger partial charge >= 0.3 is 0 Å². The summed E-state index contributed by atoms with van der Waals surface area (Å²) in [5.41, 5.74) is 13.5. The zero-order chi connectivity index (χ0) is 30.2. The molecule has 4 heteroatoms. The lowest BCUT2D eigenvalue weighted by Gasteiger charge is -2.14. The molecule has 0 saturated carbocycles. The van der Waals surface area contributed by atoms with E-state index in [2.05, 4.69) is 78.9 Å². The molecule has 0 bridgehead atoms. The minimum Gasteiger partial charge on any atom is -0.456 e. The highest BCUT2D eigenvalue weighted by atomic mass is 16.3. The fourth-order valence-electron chi connectivity index (χ4n) is 6.20. The maximum Gasteiger partial charge on any atom is 0.157 e. The second kappa shape index (κ2) is 11.3. The minimum atomic E-state index is 0.386. The number of nitrogens with two attached hydrogens (primary N) is 1. The van der Waals surface area contributed by atoms with Crippen LogP contribution in [0, 0.1) is 0 Å². The quantitative estimate of drug-likeness (QED) is 0.125. The molecule has 0 atom stereocenters. The Morgan fingerprint density at radius 2 is 1.27 bits per heavy atom. The summed E-state index contributed by atoms with van der Waals surface area (Å²) < 4.78 is 6.31. The monoisotopic (exact) mass is 579 g/mol. The summed E-state index contributed by atoms with van der Waals surface area (Å²) in [4.78, 5) is 10.0. The summed E-state index contributed by atoms with van der Waals surface area (Å²) in [5.74, 6) is 0.967. The summed E-state index contributed by atoms with van der Waals surface area (Å²) in [5, 5.41) is 6.79. The molecule has 8 aromatic rings. The van der Waals surface area contributed by atoms with Crippen LogP contribution in [0.5, 0.6) is 0 Å². The molecule has 8 rings (SSSR count). The normalized spacial score (nSPS) is 12.4. The van der Waals surface area contributed by atoms with Crippen molar-refractivity contribution in [2.45, 2.75) is 6.54 Å². The average molecular weight is 580 g/mol. The Balaban J connectivity index is 1.35. The standard InChI is InChI=1S/C41H29N3O/c42-40(44-41(29-14-5-2-6-15-29)43-26-27-11-3-1-4-12-27)39-34(23-24-37-38(39)35-17-9-10-18-36(35)45-37)31-21-22-33-30(25-31)20-19-28-13-7-8-16-32(28)33/h1-25H,26H2,(H2,42,43,44). The Morgan fingerprint density at radius 3 is 2.11 bits per heavy atom. The van der Waals surface area contributed by atoms with Crippen molar-refractivity contribution in [3.8, 4) is 11.1 Å². The van der Waals surface area contributed by atoms with Crippen molar-refractivity contribution in [3.05, 3.63) is 168 Å². The van der Waals surface area contributed by atoms with Crippen molar-refractivity contribution < 1.29 is 4.42 Å². The predicted molar refractivity (Wildman–Crippen MR) is 188 cm³/mol. The van der Waals surface area contributed by atoms with Crippen LogP contribution in [0.3, 0.4) is 0 Å². The Bertz CT molecular complexity index is 2400. The number of hydrogen-bond acceptors (Lipinski definition) is 2. The predicted octanol–water partition coefficient (Wildman–Crippen LogP) is 9.91. The molecule has 0 aliphatic rings. The van der Waals surface area contributed by atoms with Gasteiger partial charge in [-0.2, -0.15) is 0 Å². The van der Waals surface area contributed by atoms with Crippen LogP contribution in [-0.2, 0) is 6.54 Å². The third-order valence-electron chi connectivity index (χ3n) is 8.37. The van der Waals surface area contributed by atoms with Gasteiger partial charge in [-0.3, -0.25) is 4.99 Å². The topological polar surface area (TPSA) is 63.9 Å². The molecule has 0 spiro atoms. The molecular weight excluding hydrogens is 550 g/mol. The minimum absolute atomic E-state index is 0.386. The highest BCUT2D eigenvalue weighted by molar-refractivity contribution is 6.24. The van der Waals surface area contributed by atoms with Gasteiger partial charge in [-0.05, 0) is 62.5 Å². The first-order valence-corrected chi connectivity index (χ1v) is 15.1. The van der Waals surface area contributed by atoms with Crippen LogP contribution in [0.1, 0.15) is 16.7 Å². The highest BCUT2D eigenvalue weighted by Crippen LogP contribution is 2.38. The van der Waals surface area contributed by atoms with Crippen LogP contribution in [0.15, 0.2) is 166 Å². The van der Waals surface area contributed by atoms with E-state index in [0.29, 0.717) is 18.2 Å². The van der Waals surface area contributed by atoms with Gasteiger partial charge in [0, 0.05) is 21.9 Å². The van der Waals surface area contributed by atoms with E-state index >= 15 is 0 Å². The Hall–Kier alpha value is -6.00. The SMILES string of the molecule is N/C(=N\C(=N/Cc1ccccc1)c1ccccc1)c1c(-c2ccc3c(ccc4ccccc43)c2)ccc2oc3ccccc3c12. The summed E-state index contributed by atoms with van der Waals surface area (Å²) in [7, 11) is 0. The molecule has 0 unspecified atom stereocenters. The van der Waals surface area contributed by atoms with Crippen LogP contribution in [-0.4, -0.2) is 11.7 Å². The van der Waals surface area contributed by atoms with Crippen LogP contribution < -0.4 is 5.73 Å². The number of furan rings is 1. The van der Waals surface area contributed by atoms with E-state index in [0.717, 1.165) is 49.8 Å².